The molecule has 4 aromatic rings. The molecule has 1 atom stereocenters. The number of hydrogen-bond acceptors (Lipinski definition) is 8. The predicted octanol–water partition coefficient (Wildman–Crippen LogP) is 4.74. The van der Waals surface area contributed by atoms with Crippen LogP contribution in [-0.2, 0) is 0 Å². The molecule has 1 aromatic carbocycles. The Labute approximate surface area is 191 Å². The summed E-state index contributed by atoms with van der Waals surface area (Å²) < 4.78 is 1.55. The molecular weight excluding hydrogens is 422 g/mol. The average Bonchev–Trinajstić information content (AvgIpc) is 3.47. The lowest BCUT2D eigenvalue weighted by molar-refractivity contribution is 0.194. The van der Waals surface area contributed by atoms with Crippen LogP contribution in [0.25, 0.3) is 17.1 Å². The Hall–Kier alpha value is -3.30. The number of benzene rings is 1. The van der Waals surface area contributed by atoms with E-state index in [1.165, 1.54) is 11.3 Å². The van der Waals surface area contributed by atoms with Crippen LogP contribution in [0, 0.1) is 6.92 Å². The van der Waals surface area contributed by atoms with Gasteiger partial charge >= 0.3 is 0 Å². The summed E-state index contributed by atoms with van der Waals surface area (Å²) in [5.74, 6) is 0.630. The second-order valence-electron chi connectivity index (χ2n) is 7.50. The van der Waals surface area contributed by atoms with Crippen molar-refractivity contribution in [2.45, 2.75) is 33.8 Å². The van der Waals surface area contributed by atoms with E-state index in [2.05, 4.69) is 64.5 Å². The van der Waals surface area contributed by atoms with Crippen molar-refractivity contribution in [2.24, 2.45) is 0 Å². The van der Waals surface area contributed by atoms with Gasteiger partial charge in [0, 0.05) is 41.6 Å². The maximum Gasteiger partial charge on any atom is 0.187 e. The van der Waals surface area contributed by atoms with Crippen LogP contribution in [0.3, 0.4) is 0 Å². The third kappa shape index (κ3) is 4.63. The quantitative estimate of drug-likeness (QED) is 0.401. The first-order valence-electron chi connectivity index (χ1n) is 10.6. The molecule has 0 saturated carbocycles. The molecule has 3 aromatic heterocycles. The Kier molecular flexibility index (Phi) is 6.48. The average molecular weight is 450 g/mol. The largest absolute Gasteiger partial charge is 0.387 e. The normalized spacial score (nSPS) is 12.0. The Bertz CT molecular complexity index is 1180. The second-order valence-corrected chi connectivity index (χ2v) is 8.36. The lowest BCUT2D eigenvalue weighted by atomic mass is 10.1. The minimum atomic E-state index is -0.666. The summed E-state index contributed by atoms with van der Waals surface area (Å²) in [7, 11) is 0. The number of nitrogens with zero attached hydrogens (tertiary/aromatic N) is 6. The fourth-order valence-corrected chi connectivity index (χ4v) is 4.14. The van der Waals surface area contributed by atoms with Crippen LogP contribution >= 0.6 is 11.3 Å². The first-order valence-corrected chi connectivity index (χ1v) is 11.5. The van der Waals surface area contributed by atoms with Crippen molar-refractivity contribution in [1.82, 2.24) is 25.0 Å². The third-order valence-corrected chi connectivity index (χ3v) is 6.06. The van der Waals surface area contributed by atoms with E-state index in [1.54, 1.807) is 35.3 Å². The van der Waals surface area contributed by atoms with Gasteiger partial charge in [-0.05, 0) is 63.6 Å². The predicted molar refractivity (Wildman–Crippen MR) is 129 cm³/mol. The van der Waals surface area contributed by atoms with Crippen molar-refractivity contribution >= 4 is 27.8 Å². The second kappa shape index (κ2) is 9.46. The Morgan fingerprint density at radius 3 is 2.62 bits per heavy atom. The van der Waals surface area contributed by atoms with Gasteiger partial charge in [-0.25, -0.2) is 14.6 Å². The first kappa shape index (κ1) is 21.9. The zero-order chi connectivity index (χ0) is 22.7. The lowest BCUT2D eigenvalue weighted by Crippen LogP contribution is -2.21. The zero-order valence-corrected chi connectivity index (χ0v) is 19.5. The van der Waals surface area contributed by atoms with Gasteiger partial charge < -0.3 is 15.3 Å². The molecule has 0 radical (unpaired) electrons. The molecule has 0 bridgehead atoms. The van der Waals surface area contributed by atoms with Crippen LogP contribution in [-0.4, -0.2) is 43.2 Å². The number of aryl methyl sites for hydroxylation is 1. The number of aromatic nitrogens is 5. The van der Waals surface area contributed by atoms with Crippen molar-refractivity contribution in [1.29, 1.82) is 0 Å². The van der Waals surface area contributed by atoms with Crippen LogP contribution < -0.4 is 10.2 Å². The topological polar surface area (TPSA) is 92.0 Å². The van der Waals surface area contributed by atoms with Gasteiger partial charge in [-0.15, -0.1) is 16.4 Å². The maximum atomic E-state index is 9.61. The van der Waals surface area contributed by atoms with Crippen LogP contribution in [0.4, 0.5) is 16.5 Å². The molecule has 9 heteroatoms. The van der Waals surface area contributed by atoms with Gasteiger partial charge in [0.05, 0.1) is 18.0 Å². The maximum absolute atomic E-state index is 9.61. The van der Waals surface area contributed by atoms with Crippen molar-refractivity contribution in [3.63, 3.8) is 0 Å². The molecule has 0 aliphatic heterocycles. The van der Waals surface area contributed by atoms with Crippen molar-refractivity contribution in [2.75, 3.05) is 23.3 Å². The molecular formula is C23H27N7OS. The van der Waals surface area contributed by atoms with Crippen molar-refractivity contribution < 1.29 is 5.11 Å². The van der Waals surface area contributed by atoms with Gasteiger partial charge in [-0.3, -0.25) is 0 Å². The number of pyridine rings is 1. The molecule has 0 aliphatic carbocycles. The van der Waals surface area contributed by atoms with E-state index in [-0.39, 0.29) is 0 Å². The van der Waals surface area contributed by atoms with E-state index in [1.807, 2.05) is 17.5 Å². The van der Waals surface area contributed by atoms with Gasteiger partial charge in [0.1, 0.15) is 5.69 Å². The lowest BCUT2D eigenvalue weighted by Gasteiger charge is -2.22. The minimum Gasteiger partial charge on any atom is -0.387 e. The fraction of sp³-hybridized carbons (Fsp3) is 0.304. The van der Waals surface area contributed by atoms with Gasteiger partial charge in [-0.1, -0.05) is 5.21 Å². The van der Waals surface area contributed by atoms with E-state index in [4.69, 9.17) is 4.98 Å². The van der Waals surface area contributed by atoms with Crippen LogP contribution in [0.2, 0.25) is 0 Å². The van der Waals surface area contributed by atoms with Crippen LogP contribution in [0.1, 0.15) is 38.1 Å². The first-order chi connectivity index (χ1) is 15.5. The Balaban J connectivity index is 1.48. The molecule has 1 unspecified atom stereocenters. The Morgan fingerprint density at radius 1 is 1.19 bits per heavy atom. The molecule has 0 aliphatic rings. The number of aliphatic hydroxyl groups excluding tert-OH is 1. The van der Waals surface area contributed by atoms with Crippen molar-refractivity contribution in [3.05, 3.63) is 59.4 Å². The smallest absolute Gasteiger partial charge is 0.187 e. The number of aliphatic hydroxyl groups is 1. The number of nitrogens with one attached hydrogen (secondary N) is 1. The molecule has 0 spiro atoms. The van der Waals surface area contributed by atoms with Crippen LogP contribution in [0.15, 0.2) is 48.1 Å². The molecule has 2 N–H and O–H groups in total. The van der Waals surface area contributed by atoms with Gasteiger partial charge in [0.15, 0.2) is 10.9 Å². The summed E-state index contributed by atoms with van der Waals surface area (Å²) in [5.41, 5.74) is 5.75. The highest BCUT2D eigenvalue weighted by Crippen LogP contribution is 2.30. The number of anilines is 3. The zero-order valence-electron chi connectivity index (χ0n) is 18.6. The highest BCUT2D eigenvalue weighted by atomic mass is 32.1. The fourth-order valence-electron chi connectivity index (χ4n) is 3.41. The monoisotopic (exact) mass is 449 g/mol. The van der Waals surface area contributed by atoms with E-state index >= 15 is 0 Å². The summed E-state index contributed by atoms with van der Waals surface area (Å²) in [6.07, 6.45) is 2.77. The van der Waals surface area contributed by atoms with Gasteiger partial charge in [0.2, 0.25) is 0 Å². The highest BCUT2D eigenvalue weighted by Gasteiger charge is 2.11. The summed E-state index contributed by atoms with van der Waals surface area (Å²) in [5, 5.41) is 23.9. The van der Waals surface area contributed by atoms with E-state index in [0.717, 1.165) is 35.2 Å². The van der Waals surface area contributed by atoms with Gasteiger partial charge in [0.25, 0.3) is 0 Å². The van der Waals surface area contributed by atoms with E-state index < -0.39 is 6.10 Å². The van der Waals surface area contributed by atoms with E-state index in [9.17, 15) is 5.11 Å². The summed E-state index contributed by atoms with van der Waals surface area (Å²) >= 11 is 1.56. The standard InChI is InChI=1S/C23H27N7OS/c1-5-29(6-2)18-8-9-19(15(3)11-18)25-23-26-21(14-32-23)17-7-10-22(24-12-17)30-13-20(16(4)31)27-28-30/h7-14,16,31H,5-6H2,1-4H3,(H,25,26). The van der Waals surface area contributed by atoms with Crippen LogP contribution in [0.5, 0.6) is 0 Å². The molecule has 32 heavy (non-hydrogen) atoms. The summed E-state index contributed by atoms with van der Waals surface area (Å²) in [6.45, 7) is 10.1. The molecule has 166 valence electrons. The molecule has 0 fully saturated rings. The Morgan fingerprint density at radius 2 is 2.00 bits per heavy atom. The molecule has 3 heterocycles. The number of rotatable bonds is 8. The summed E-state index contributed by atoms with van der Waals surface area (Å²) in [6, 6.07) is 10.3. The highest BCUT2D eigenvalue weighted by molar-refractivity contribution is 7.14. The molecule has 0 saturated heterocycles. The molecule has 4 rings (SSSR count). The van der Waals surface area contributed by atoms with Crippen molar-refractivity contribution in [3.8, 4) is 17.1 Å². The minimum absolute atomic E-state index is 0.506. The molecule has 0 amide bonds. The third-order valence-electron chi connectivity index (χ3n) is 5.30. The van der Waals surface area contributed by atoms with Gasteiger partial charge in [-0.2, -0.15) is 0 Å². The number of hydrogen-bond donors (Lipinski definition) is 2. The summed E-state index contributed by atoms with van der Waals surface area (Å²) in [4.78, 5) is 11.5. The SMILES string of the molecule is CCN(CC)c1ccc(Nc2nc(-c3ccc(-n4cc(C(C)O)nn4)nc3)cs2)c(C)c1. The number of thiazole rings is 1. The molecule has 8 nitrogen and oxygen atoms in total. The van der Waals surface area contributed by atoms with E-state index in [0.29, 0.717) is 11.5 Å².